The Hall–Kier alpha value is -2.61. The number of aromatic nitrogens is 2. The van der Waals surface area contributed by atoms with Crippen molar-refractivity contribution in [2.24, 2.45) is 0 Å². The van der Waals surface area contributed by atoms with Gasteiger partial charge >= 0.3 is 0 Å². The molecule has 0 fully saturated rings. The third kappa shape index (κ3) is 2.99. The van der Waals surface area contributed by atoms with E-state index in [4.69, 9.17) is 5.26 Å². The van der Waals surface area contributed by atoms with Crippen LogP contribution in [-0.2, 0) is 4.79 Å². The van der Waals surface area contributed by atoms with Crippen LogP contribution >= 0.6 is 0 Å². The Morgan fingerprint density at radius 2 is 2.11 bits per heavy atom. The number of anilines is 1. The molecule has 2 aromatic rings. The number of nitriles is 1. The highest BCUT2D eigenvalue weighted by Gasteiger charge is 2.15. The molecule has 1 N–H and O–H groups in total. The van der Waals surface area contributed by atoms with E-state index >= 15 is 0 Å². The van der Waals surface area contributed by atoms with Crippen LogP contribution in [0.3, 0.4) is 0 Å². The van der Waals surface area contributed by atoms with E-state index < -0.39 is 0 Å². The summed E-state index contributed by atoms with van der Waals surface area (Å²) in [5.74, 6) is -0.146. The van der Waals surface area contributed by atoms with Gasteiger partial charge in [0.15, 0.2) is 0 Å². The van der Waals surface area contributed by atoms with Gasteiger partial charge in [0.25, 0.3) is 0 Å². The second-order valence-electron chi connectivity index (χ2n) is 4.35. The number of rotatable bonds is 3. The van der Waals surface area contributed by atoms with E-state index in [1.807, 2.05) is 19.2 Å². The molecule has 0 aliphatic carbocycles. The van der Waals surface area contributed by atoms with E-state index in [1.54, 1.807) is 42.1 Å². The SMILES string of the molecule is Cc1cnn(C(C)C(=O)Nc2ccc(C#N)cc2)c1. The first kappa shape index (κ1) is 12.8. The van der Waals surface area contributed by atoms with Crippen LogP contribution in [0.15, 0.2) is 36.7 Å². The first-order chi connectivity index (χ1) is 9.10. The molecule has 5 nitrogen and oxygen atoms in total. The minimum absolute atomic E-state index is 0.146. The van der Waals surface area contributed by atoms with Crippen molar-refractivity contribution < 1.29 is 4.79 Å². The summed E-state index contributed by atoms with van der Waals surface area (Å²) < 4.78 is 1.62. The van der Waals surface area contributed by atoms with Crippen molar-refractivity contribution in [2.45, 2.75) is 19.9 Å². The summed E-state index contributed by atoms with van der Waals surface area (Å²) in [7, 11) is 0. The molecule has 0 saturated carbocycles. The molecule has 1 atom stereocenters. The Bertz CT molecular complexity index is 622. The third-order valence-corrected chi connectivity index (χ3v) is 2.79. The number of benzene rings is 1. The first-order valence-corrected chi connectivity index (χ1v) is 5.92. The minimum atomic E-state index is -0.385. The molecule has 0 aliphatic rings. The summed E-state index contributed by atoms with van der Waals surface area (Å²) >= 11 is 0. The van der Waals surface area contributed by atoms with E-state index in [0.717, 1.165) is 5.56 Å². The number of amides is 1. The fraction of sp³-hybridized carbons (Fsp3) is 0.214. The van der Waals surface area contributed by atoms with Crippen molar-refractivity contribution in [2.75, 3.05) is 5.32 Å². The number of carbonyl (C=O) groups excluding carboxylic acids is 1. The topological polar surface area (TPSA) is 70.7 Å². The molecular weight excluding hydrogens is 240 g/mol. The molecule has 19 heavy (non-hydrogen) atoms. The van der Waals surface area contributed by atoms with Crippen molar-refractivity contribution in [3.05, 3.63) is 47.8 Å². The van der Waals surface area contributed by atoms with Crippen LogP contribution in [0.1, 0.15) is 24.1 Å². The van der Waals surface area contributed by atoms with Gasteiger partial charge in [0.1, 0.15) is 6.04 Å². The van der Waals surface area contributed by atoms with Crippen molar-refractivity contribution in [3.8, 4) is 6.07 Å². The smallest absolute Gasteiger partial charge is 0.248 e. The number of hydrogen-bond donors (Lipinski definition) is 1. The normalized spacial score (nSPS) is 11.6. The molecule has 1 amide bonds. The molecule has 1 aromatic carbocycles. The van der Waals surface area contributed by atoms with Crippen LogP contribution in [0.2, 0.25) is 0 Å². The molecule has 5 heteroatoms. The summed E-state index contributed by atoms with van der Waals surface area (Å²) in [6, 6.07) is 8.39. The zero-order chi connectivity index (χ0) is 13.8. The average molecular weight is 254 g/mol. The van der Waals surface area contributed by atoms with Gasteiger partial charge in [0.05, 0.1) is 17.8 Å². The van der Waals surface area contributed by atoms with Crippen LogP contribution in [0.25, 0.3) is 0 Å². The largest absolute Gasteiger partial charge is 0.324 e. The lowest BCUT2D eigenvalue weighted by atomic mass is 10.2. The van der Waals surface area contributed by atoms with Crippen molar-refractivity contribution in [3.63, 3.8) is 0 Å². The van der Waals surface area contributed by atoms with Gasteiger partial charge in [-0.1, -0.05) is 0 Å². The van der Waals surface area contributed by atoms with E-state index in [2.05, 4.69) is 10.4 Å². The molecule has 96 valence electrons. The monoisotopic (exact) mass is 254 g/mol. The second kappa shape index (κ2) is 5.36. The van der Waals surface area contributed by atoms with Crippen LogP contribution in [0.5, 0.6) is 0 Å². The van der Waals surface area contributed by atoms with Gasteiger partial charge in [-0.25, -0.2) is 0 Å². The van der Waals surface area contributed by atoms with Crippen molar-refractivity contribution in [1.82, 2.24) is 9.78 Å². The van der Waals surface area contributed by atoms with Gasteiger partial charge in [-0.3, -0.25) is 9.48 Å². The number of carbonyl (C=O) groups is 1. The van der Waals surface area contributed by atoms with Gasteiger partial charge in [-0.15, -0.1) is 0 Å². The summed E-state index contributed by atoms with van der Waals surface area (Å²) in [5, 5.41) is 15.6. The van der Waals surface area contributed by atoms with Gasteiger partial charge in [-0.05, 0) is 43.7 Å². The quantitative estimate of drug-likeness (QED) is 0.913. The number of nitrogens with one attached hydrogen (secondary N) is 1. The zero-order valence-electron chi connectivity index (χ0n) is 10.8. The highest BCUT2D eigenvalue weighted by atomic mass is 16.2. The fourth-order valence-corrected chi connectivity index (χ4v) is 1.64. The molecule has 0 aliphatic heterocycles. The highest BCUT2D eigenvalue weighted by molar-refractivity contribution is 5.93. The Labute approximate surface area is 111 Å². The maximum absolute atomic E-state index is 12.0. The molecule has 2 rings (SSSR count). The minimum Gasteiger partial charge on any atom is -0.324 e. The maximum atomic E-state index is 12.0. The zero-order valence-corrected chi connectivity index (χ0v) is 10.8. The predicted molar refractivity (Wildman–Crippen MR) is 71.5 cm³/mol. The van der Waals surface area contributed by atoms with E-state index in [9.17, 15) is 4.79 Å². The summed E-state index contributed by atoms with van der Waals surface area (Å²) in [5.41, 5.74) is 2.24. The summed E-state index contributed by atoms with van der Waals surface area (Å²) in [4.78, 5) is 12.0. The van der Waals surface area contributed by atoms with Crippen LogP contribution < -0.4 is 5.32 Å². The van der Waals surface area contributed by atoms with Gasteiger partial charge in [-0.2, -0.15) is 10.4 Å². The molecule has 1 heterocycles. The van der Waals surface area contributed by atoms with Crippen LogP contribution in [0, 0.1) is 18.3 Å². The van der Waals surface area contributed by atoms with Crippen LogP contribution in [-0.4, -0.2) is 15.7 Å². The standard InChI is InChI=1S/C14H14N4O/c1-10-8-16-18(9-10)11(2)14(19)17-13-5-3-12(7-15)4-6-13/h3-6,8-9,11H,1-2H3,(H,17,19). The molecule has 0 spiro atoms. The van der Waals surface area contributed by atoms with Gasteiger partial charge in [0.2, 0.25) is 5.91 Å². The highest BCUT2D eigenvalue weighted by Crippen LogP contribution is 2.13. The van der Waals surface area contributed by atoms with Crippen molar-refractivity contribution >= 4 is 11.6 Å². The Morgan fingerprint density at radius 1 is 1.42 bits per heavy atom. The molecule has 1 aromatic heterocycles. The number of nitrogens with zero attached hydrogens (tertiary/aromatic N) is 3. The molecule has 1 unspecified atom stereocenters. The third-order valence-electron chi connectivity index (χ3n) is 2.79. The molecular formula is C14H14N4O. The van der Waals surface area contributed by atoms with E-state index in [-0.39, 0.29) is 11.9 Å². The second-order valence-corrected chi connectivity index (χ2v) is 4.35. The lowest BCUT2D eigenvalue weighted by Gasteiger charge is -2.12. The average Bonchev–Trinajstić information content (AvgIpc) is 2.85. The molecule has 0 bridgehead atoms. The van der Waals surface area contributed by atoms with Crippen molar-refractivity contribution in [1.29, 1.82) is 5.26 Å². The summed E-state index contributed by atoms with van der Waals surface area (Å²) in [6.07, 6.45) is 3.54. The predicted octanol–water partition coefficient (Wildman–Crippen LogP) is 2.26. The lowest BCUT2D eigenvalue weighted by Crippen LogP contribution is -2.23. The Balaban J connectivity index is 2.06. The van der Waals surface area contributed by atoms with E-state index in [1.165, 1.54) is 0 Å². The van der Waals surface area contributed by atoms with Crippen LogP contribution in [0.4, 0.5) is 5.69 Å². The summed E-state index contributed by atoms with van der Waals surface area (Å²) in [6.45, 7) is 3.71. The van der Waals surface area contributed by atoms with E-state index in [0.29, 0.717) is 11.3 Å². The number of aryl methyl sites for hydroxylation is 1. The maximum Gasteiger partial charge on any atom is 0.248 e. The molecule has 0 radical (unpaired) electrons. The Morgan fingerprint density at radius 3 is 2.63 bits per heavy atom. The van der Waals surface area contributed by atoms with Gasteiger partial charge in [0, 0.05) is 11.9 Å². The Kier molecular flexibility index (Phi) is 3.62. The lowest BCUT2D eigenvalue weighted by molar-refractivity contribution is -0.119. The fourth-order valence-electron chi connectivity index (χ4n) is 1.64. The van der Waals surface area contributed by atoms with Gasteiger partial charge < -0.3 is 5.32 Å². The molecule has 0 saturated heterocycles. The number of hydrogen-bond acceptors (Lipinski definition) is 3. The first-order valence-electron chi connectivity index (χ1n) is 5.92.